The van der Waals surface area contributed by atoms with Gasteiger partial charge in [-0.1, -0.05) is 13.3 Å². The maximum absolute atomic E-state index is 13.5. The van der Waals surface area contributed by atoms with Gasteiger partial charge in [-0.05, 0) is 52.8 Å². The average molecular weight is 676 g/mol. The molecule has 2 aliphatic rings. The molecule has 1 fully saturated rings. The molecule has 1 aromatic carbocycles. The van der Waals surface area contributed by atoms with Crippen LogP contribution in [0.4, 0.5) is 0 Å². The predicted molar refractivity (Wildman–Crippen MR) is 157 cm³/mol. The fraction of sp³-hybridized carbons (Fsp3) is 0.643. The smallest absolute Gasteiger partial charge is 0.247 e. The van der Waals surface area contributed by atoms with Crippen LogP contribution in [0, 0.1) is 3.57 Å². The number of hydrogen-bond acceptors (Lipinski definition) is 9. The number of carbonyl (C=O) groups excluding carboxylic acids is 2. The van der Waals surface area contributed by atoms with E-state index in [-0.39, 0.29) is 38.0 Å². The lowest BCUT2D eigenvalue weighted by molar-refractivity contribution is -0.139. The number of halogens is 1. The minimum absolute atomic E-state index is 0.0746. The monoisotopic (exact) mass is 675 g/mol. The number of nitrogens with one attached hydrogen (secondary N) is 1. The minimum Gasteiger partial charge on any atom is -0.493 e. The van der Waals surface area contributed by atoms with Gasteiger partial charge in [0, 0.05) is 51.1 Å². The van der Waals surface area contributed by atoms with Crippen LogP contribution >= 0.6 is 22.6 Å². The summed E-state index contributed by atoms with van der Waals surface area (Å²) in [7, 11) is 1.49. The number of aliphatic hydroxyl groups excluding tert-OH is 3. The Kier molecular flexibility index (Phi) is 13.4. The quantitative estimate of drug-likeness (QED) is 0.213. The summed E-state index contributed by atoms with van der Waals surface area (Å²) in [5.41, 5.74) is 1.01. The zero-order valence-corrected chi connectivity index (χ0v) is 25.5. The van der Waals surface area contributed by atoms with Crippen molar-refractivity contribution in [2.24, 2.45) is 0 Å². The van der Waals surface area contributed by atoms with Crippen molar-refractivity contribution >= 4 is 34.4 Å². The van der Waals surface area contributed by atoms with Gasteiger partial charge in [-0.15, -0.1) is 0 Å². The summed E-state index contributed by atoms with van der Waals surface area (Å²) in [5.74, 6) is 0.294. The number of aliphatic hydroxyl groups is 3. The lowest BCUT2D eigenvalue weighted by Gasteiger charge is -2.41. The number of methoxy groups -OCH3 is 1. The molecule has 0 unspecified atom stereocenters. The molecule has 12 heteroatoms. The van der Waals surface area contributed by atoms with Crippen molar-refractivity contribution in [1.82, 2.24) is 15.1 Å². The van der Waals surface area contributed by atoms with Gasteiger partial charge in [0.05, 0.1) is 43.1 Å². The molecule has 1 aliphatic carbocycles. The van der Waals surface area contributed by atoms with E-state index >= 15 is 0 Å². The van der Waals surface area contributed by atoms with E-state index in [1.165, 1.54) is 7.11 Å². The summed E-state index contributed by atoms with van der Waals surface area (Å²) >= 11 is 2.08. The van der Waals surface area contributed by atoms with Crippen LogP contribution in [-0.4, -0.2) is 115 Å². The van der Waals surface area contributed by atoms with Gasteiger partial charge in [-0.2, -0.15) is 0 Å². The summed E-state index contributed by atoms with van der Waals surface area (Å²) in [6.07, 6.45) is 1.58. The first kappa shape index (κ1) is 32.5. The molecule has 11 nitrogen and oxygen atoms in total. The van der Waals surface area contributed by atoms with Crippen LogP contribution in [0.2, 0.25) is 0 Å². The molecule has 1 saturated heterocycles. The normalized spacial score (nSPS) is 21.4. The Morgan fingerprint density at radius 2 is 2.00 bits per heavy atom. The van der Waals surface area contributed by atoms with Crippen molar-refractivity contribution in [2.45, 2.75) is 57.5 Å². The van der Waals surface area contributed by atoms with Gasteiger partial charge in [-0.25, -0.2) is 0 Å². The topological polar surface area (TPSA) is 141 Å². The fourth-order valence-electron chi connectivity index (χ4n) is 4.92. The van der Waals surface area contributed by atoms with Crippen LogP contribution in [0.5, 0.6) is 11.5 Å². The highest BCUT2D eigenvalue weighted by atomic mass is 127. The van der Waals surface area contributed by atoms with E-state index in [4.69, 9.17) is 14.2 Å². The number of rotatable bonds is 14. The lowest BCUT2D eigenvalue weighted by atomic mass is 9.88. The van der Waals surface area contributed by atoms with Gasteiger partial charge in [0.2, 0.25) is 11.8 Å². The maximum Gasteiger partial charge on any atom is 0.247 e. The SMILES string of the molecule is CCCCC(=O)N(CCN1CCOCC1)[C@@H]1CC(C(=O)NCCO)=C[C@H](Oc2c(I)cc(CO)cc2OC)[C@H]1O. The first-order valence-corrected chi connectivity index (χ1v) is 14.9. The molecule has 1 heterocycles. The van der Waals surface area contributed by atoms with Crippen LogP contribution < -0.4 is 14.8 Å². The number of unbranched alkanes of at least 4 members (excludes halogenated alkanes) is 1. The summed E-state index contributed by atoms with van der Waals surface area (Å²) in [6, 6.07) is 2.72. The molecule has 40 heavy (non-hydrogen) atoms. The number of ether oxygens (including phenoxy) is 3. The standard InChI is InChI=1S/C28H42IN3O8/c1-3-4-5-25(35)32(8-7-31-9-12-39-13-10-31)22-16-20(28(37)30-6-11-33)17-23(26(22)36)40-27-21(29)14-19(18-34)15-24(27)38-2/h14-15,17,22-23,26,33-34,36H,3-13,16,18H2,1-2H3,(H,30,37)/t22-,23+,26+/m1/s1. The summed E-state index contributed by atoms with van der Waals surface area (Å²) in [5, 5.41) is 33.2. The zero-order chi connectivity index (χ0) is 29.1. The van der Waals surface area contributed by atoms with E-state index in [0.29, 0.717) is 58.9 Å². The number of hydrogen-bond donors (Lipinski definition) is 4. The second kappa shape index (κ2) is 16.5. The lowest BCUT2D eigenvalue weighted by Crippen LogP contribution is -2.56. The van der Waals surface area contributed by atoms with Crippen molar-refractivity contribution in [3.8, 4) is 11.5 Å². The second-order valence-corrected chi connectivity index (χ2v) is 11.1. The molecule has 1 aliphatic heterocycles. The van der Waals surface area contributed by atoms with Gasteiger partial charge in [-0.3, -0.25) is 14.5 Å². The Balaban J connectivity index is 1.94. The van der Waals surface area contributed by atoms with Gasteiger partial charge in [0.1, 0.15) is 12.2 Å². The predicted octanol–water partition coefficient (Wildman–Crippen LogP) is 1.06. The third-order valence-electron chi connectivity index (χ3n) is 7.17. The van der Waals surface area contributed by atoms with Gasteiger partial charge >= 0.3 is 0 Å². The summed E-state index contributed by atoms with van der Waals surface area (Å²) in [6.45, 7) is 5.56. The molecule has 3 rings (SSSR count). The molecular weight excluding hydrogens is 633 g/mol. The van der Waals surface area contributed by atoms with Crippen molar-refractivity contribution in [3.63, 3.8) is 0 Å². The molecule has 0 radical (unpaired) electrons. The molecule has 0 spiro atoms. The van der Waals surface area contributed by atoms with Crippen molar-refractivity contribution in [2.75, 3.05) is 59.7 Å². The third-order valence-corrected chi connectivity index (χ3v) is 7.97. The highest BCUT2D eigenvalue weighted by molar-refractivity contribution is 14.1. The molecular formula is C28H42IN3O8. The van der Waals surface area contributed by atoms with Crippen molar-refractivity contribution in [3.05, 3.63) is 32.9 Å². The van der Waals surface area contributed by atoms with E-state index in [0.717, 1.165) is 25.9 Å². The zero-order valence-electron chi connectivity index (χ0n) is 23.3. The van der Waals surface area contributed by atoms with E-state index in [1.54, 1.807) is 23.1 Å². The summed E-state index contributed by atoms with van der Waals surface area (Å²) in [4.78, 5) is 30.5. The molecule has 1 aromatic rings. The van der Waals surface area contributed by atoms with Crippen LogP contribution in [0.1, 0.15) is 38.2 Å². The van der Waals surface area contributed by atoms with Gasteiger partial charge in [0.15, 0.2) is 11.5 Å². The molecule has 2 amide bonds. The Morgan fingerprint density at radius 3 is 2.65 bits per heavy atom. The Labute approximate surface area is 249 Å². The Hall–Kier alpha value is -1.97. The molecule has 0 saturated carbocycles. The maximum atomic E-state index is 13.5. The van der Waals surface area contributed by atoms with Gasteiger partial charge in [0.25, 0.3) is 0 Å². The van der Waals surface area contributed by atoms with Crippen molar-refractivity contribution < 1.29 is 39.1 Å². The average Bonchev–Trinajstić information content (AvgIpc) is 2.97. The number of nitrogens with zero attached hydrogens (tertiary/aromatic N) is 2. The molecule has 0 bridgehead atoms. The van der Waals surface area contributed by atoms with Crippen LogP contribution in [0.25, 0.3) is 0 Å². The number of benzene rings is 1. The minimum atomic E-state index is -1.12. The largest absolute Gasteiger partial charge is 0.493 e. The first-order valence-electron chi connectivity index (χ1n) is 13.8. The Morgan fingerprint density at radius 1 is 1.25 bits per heavy atom. The second-order valence-electron chi connectivity index (χ2n) is 9.93. The third kappa shape index (κ3) is 8.76. The molecule has 0 aromatic heterocycles. The number of amides is 2. The Bertz CT molecular complexity index is 1020. The first-order chi connectivity index (χ1) is 19.3. The molecule has 224 valence electrons. The summed E-state index contributed by atoms with van der Waals surface area (Å²) < 4.78 is 17.9. The fourth-order valence-corrected chi connectivity index (χ4v) is 5.71. The van der Waals surface area contributed by atoms with E-state index in [2.05, 4.69) is 32.8 Å². The molecule has 4 N–H and O–H groups in total. The van der Waals surface area contributed by atoms with Gasteiger partial charge < -0.3 is 39.7 Å². The number of carbonyl (C=O) groups is 2. The highest BCUT2D eigenvalue weighted by Crippen LogP contribution is 2.37. The van der Waals surface area contributed by atoms with Crippen molar-refractivity contribution in [1.29, 1.82) is 0 Å². The molecule has 3 atom stereocenters. The highest BCUT2D eigenvalue weighted by Gasteiger charge is 2.41. The van der Waals surface area contributed by atoms with Crippen LogP contribution in [0.15, 0.2) is 23.8 Å². The van der Waals surface area contributed by atoms with Crippen LogP contribution in [0.3, 0.4) is 0 Å². The van der Waals surface area contributed by atoms with E-state index < -0.39 is 18.2 Å². The van der Waals surface area contributed by atoms with E-state index in [1.807, 2.05) is 6.92 Å². The van der Waals surface area contributed by atoms with E-state index in [9.17, 15) is 24.9 Å². The number of morpholine rings is 1. The van der Waals surface area contributed by atoms with Crippen LogP contribution in [-0.2, 0) is 20.9 Å².